The molecule has 28 heavy (non-hydrogen) atoms. The van der Waals surface area contributed by atoms with Gasteiger partial charge in [0, 0.05) is 5.56 Å². The molecule has 1 aliphatic heterocycles. The molecule has 6 heteroatoms. The van der Waals surface area contributed by atoms with Crippen LogP contribution in [-0.4, -0.2) is 51.0 Å². The summed E-state index contributed by atoms with van der Waals surface area (Å²) in [7, 11) is 1.69. The fraction of sp³-hybridized carbons (Fsp3) is 0.364. The second kappa shape index (κ2) is 8.89. The van der Waals surface area contributed by atoms with Crippen LogP contribution in [0.25, 0.3) is 0 Å². The Kier molecular flexibility index (Phi) is 6.31. The van der Waals surface area contributed by atoms with E-state index in [1.807, 2.05) is 31.2 Å². The van der Waals surface area contributed by atoms with Crippen LogP contribution in [-0.2, 0) is 4.79 Å². The van der Waals surface area contributed by atoms with Gasteiger partial charge in [0.2, 0.25) is 0 Å². The summed E-state index contributed by atoms with van der Waals surface area (Å²) in [4.78, 5) is 28.1. The minimum Gasteiger partial charge on any atom is -0.495 e. The van der Waals surface area contributed by atoms with Crippen LogP contribution in [0.2, 0.25) is 0 Å². The Morgan fingerprint density at radius 2 is 1.71 bits per heavy atom. The van der Waals surface area contributed by atoms with Gasteiger partial charge in [-0.1, -0.05) is 24.3 Å². The average Bonchev–Trinajstić information content (AvgIpc) is 2.73. The Labute approximate surface area is 166 Å². The number of carbonyl (C=O) groups is 2. The van der Waals surface area contributed by atoms with Crippen molar-refractivity contribution in [2.45, 2.75) is 19.9 Å². The van der Waals surface area contributed by atoms with Crippen LogP contribution >= 0.6 is 0 Å². The number of anilines is 2. The van der Waals surface area contributed by atoms with Gasteiger partial charge in [0.25, 0.3) is 5.91 Å². The number of methoxy groups -OCH3 is 1. The van der Waals surface area contributed by atoms with E-state index in [-0.39, 0.29) is 17.7 Å². The van der Waals surface area contributed by atoms with E-state index in [4.69, 9.17) is 4.74 Å². The zero-order chi connectivity index (χ0) is 20.1. The van der Waals surface area contributed by atoms with E-state index in [0.717, 1.165) is 37.6 Å². The van der Waals surface area contributed by atoms with Crippen molar-refractivity contribution in [3.05, 3.63) is 54.1 Å². The number of Topliss-reactive ketones (excluding diaryl/α,β-unsaturated/α-hetero) is 1. The van der Waals surface area contributed by atoms with Crippen molar-refractivity contribution < 1.29 is 19.2 Å². The molecule has 148 valence electrons. The highest BCUT2D eigenvalue weighted by molar-refractivity contribution is 6.04. The molecule has 1 amide bonds. The Hall–Kier alpha value is -2.86. The van der Waals surface area contributed by atoms with Gasteiger partial charge in [-0.05, 0) is 38.1 Å². The second-order valence-corrected chi connectivity index (χ2v) is 7.13. The molecule has 3 rings (SSSR count). The normalized spacial score (nSPS) is 15.8. The molecule has 0 radical (unpaired) electrons. The van der Waals surface area contributed by atoms with Crippen LogP contribution in [0.3, 0.4) is 0 Å². The quantitative estimate of drug-likeness (QED) is 0.746. The predicted octanol–water partition coefficient (Wildman–Crippen LogP) is 1.63. The minimum atomic E-state index is -0.195. The first-order valence-electron chi connectivity index (χ1n) is 9.64. The Morgan fingerprint density at radius 1 is 1.07 bits per heavy atom. The van der Waals surface area contributed by atoms with Crippen LogP contribution in [0.15, 0.2) is 48.5 Å². The summed E-state index contributed by atoms with van der Waals surface area (Å²) in [6.07, 6.45) is 0. The van der Waals surface area contributed by atoms with Gasteiger partial charge in [-0.3, -0.25) is 9.59 Å². The lowest BCUT2D eigenvalue weighted by Gasteiger charge is -2.36. The van der Waals surface area contributed by atoms with Gasteiger partial charge in [0.15, 0.2) is 11.8 Å². The molecule has 1 fully saturated rings. The molecule has 0 saturated carbocycles. The number of hydrogen-bond donors (Lipinski definition) is 2. The number of piperazine rings is 1. The number of carbonyl (C=O) groups excluding carboxylic acids is 2. The summed E-state index contributed by atoms with van der Waals surface area (Å²) in [6, 6.07) is 15.0. The van der Waals surface area contributed by atoms with Crippen molar-refractivity contribution in [1.82, 2.24) is 0 Å². The zero-order valence-corrected chi connectivity index (χ0v) is 16.7. The van der Waals surface area contributed by atoms with E-state index in [1.54, 1.807) is 25.3 Å². The molecule has 2 aromatic rings. The fourth-order valence-electron chi connectivity index (χ4n) is 3.68. The highest BCUT2D eigenvalue weighted by Gasteiger charge is 2.30. The van der Waals surface area contributed by atoms with Gasteiger partial charge < -0.3 is 19.9 Å². The SMILES string of the molecule is COc1ccccc1N1CC[NH+]([C@@H](C)C(=O)Nc2ccccc2C(C)=O)CC1. The molecule has 0 spiro atoms. The second-order valence-electron chi connectivity index (χ2n) is 7.13. The van der Waals surface area contributed by atoms with Crippen molar-refractivity contribution in [2.24, 2.45) is 0 Å². The molecule has 0 bridgehead atoms. The van der Waals surface area contributed by atoms with Crippen molar-refractivity contribution in [3.8, 4) is 5.75 Å². The topological polar surface area (TPSA) is 63.1 Å². The third kappa shape index (κ3) is 4.34. The number of amides is 1. The summed E-state index contributed by atoms with van der Waals surface area (Å²) in [5.41, 5.74) is 2.22. The van der Waals surface area contributed by atoms with E-state index in [2.05, 4.69) is 16.3 Å². The van der Waals surface area contributed by atoms with Crippen molar-refractivity contribution in [3.63, 3.8) is 0 Å². The molecule has 0 aromatic heterocycles. The number of ether oxygens (including phenoxy) is 1. The number of nitrogens with zero attached hydrogens (tertiary/aromatic N) is 1. The number of benzene rings is 2. The van der Waals surface area contributed by atoms with Gasteiger partial charge in [0.1, 0.15) is 5.75 Å². The van der Waals surface area contributed by atoms with Crippen LogP contribution in [0.4, 0.5) is 11.4 Å². The Morgan fingerprint density at radius 3 is 2.39 bits per heavy atom. The third-order valence-electron chi connectivity index (χ3n) is 5.40. The Bertz CT molecular complexity index is 844. The van der Waals surface area contributed by atoms with E-state index < -0.39 is 0 Å². The van der Waals surface area contributed by atoms with Gasteiger partial charge in [0.05, 0.1) is 44.7 Å². The molecule has 2 N–H and O–H groups in total. The molecule has 1 atom stereocenters. The lowest BCUT2D eigenvalue weighted by atomic mass is 10.1. The monoisotopic (exact) mass is 382 g/mol. The summed E-state index contributed by atoms with van der Waals surface area (Å²) < 4.78 is 5.47. The number of ketones is 1. The number of hydrogen-bond acceptors (Lipinski definition) is 4. The van der Waals surface area contributed by atoms with Crippen LogP contribution in [0.1, 0.15) is 24.2 Å². The largest absolute Gasteiger partial charge is 0.495 e. The first kappa shape index (κ1) is 19.9. The maximum Gasteiger partial charge on any atom is 0.282 e. The highest BCUT2D eigenvalue weighted by atomic mass is 16.5. The van der Waals surface area contributed by atoms with Crippen molar-refractivity contribution >= 4 is 23.1 Å². The predicted molar refractivity (Wildman–Crippen MR) is 110 cm³/mol. The fourth-order valence-corrected chi connectivity index (χ4v) is 3.68. The third-order valence-corrected chi connectivity index (χ3v) is 5.40. The van der Waals surface area contributed by atoms with Crippen molar-refractivity contribution in [1.29, 1.82) is 0 Å². The summed E-state index contributed by atoms with van der Waals surface area (Å²) in [5.74, 6) is 0.758. The molecular weight excluding hydrogens is 354 g/mol. The van der Waals surface area contributed by atoms with E-state index in [9.17, 15) is 9.59 Å². The van der Waals surface area contributed by atoms with Crippen LogP contribution in [0, 0.1) is 0 Å². The van der Waals surface area contributed by atoms with E-state index in [1.165, 1.54) is 11.8 Å². The van der Waals surface area contributed by atoms with Crippen LogP contribution < -0.4 is 19.9 Å². The molecular formula is C22H28N3O3+. The summed E-state index contributed by atoms with van der Waals surface area (Å²) in [6.45, 7) is 6.90. The number of quaternary nitrogens is 1. The summed E-state index contributed by atoms with van der Waals surface area (Å²) >= 11 is 0. The van der Waals surface area contributed by atoms with Crippen LogP contribution in [0.5, 0.6) is 5.75 Å². The molecule has 0 unspecified atom stereocenters. The lowest BCUT2D eigenvalue weighted by molar-refractivity contribution is -0.914. The molecule has 1 aliphatic rings. The maximum absolute atomic E-state index is 12.8. The van der Waals surface area contributed by atoms with Crippen molar-refractivity contribution in [2.75, 3.05) is 43.5 Å². The van der Waals surface area contributed by atoms with Gasteiger partial charge in [-0.2, -0.15) is 0 Å². The summed E-state index contributed by atoms with van der Waals surface area (Å²) in [5, 5.41) is 2.94. The van der Waals surface area contributed by atoms with E-state index >= 15 is 0 Å². The van der Waals surface area contributed by atoms with Gasteiger partial charge in [-0.25, -0.2) is 0 Å². The maximum atomic E-state index is 12.8. The number of rotatable bonds is 6. The first-order chi connectivity index (χ1) is 13.5. The molecule has 1 saturated heterocycles. The lowest BCUT2D eigenvalue weighted by Crippen LogP contribution is -3.19. The van der Waals surface area contributed by atoms with Gasteiger partial charge >= 0.3 is 0 Å². The standard InChI is InChI=1S/C22H27N3O3/c1-16(22(27)23-19-9-5-4-8-18(19)17(2)26)24-12-14-25(15-13-24)20-10-6-7-11-21(20)28-3/h4-11,16H,12-15H2,1-3H3,(H,23,27)/p+1/t16-/m0/s1. The molecule has 1 heterocycles. The molecule has 0 aliphatic carbocycles. The average molecular weight is 382 g/mol. The molecule has 2 aromatic carbocycles. The minimum absolute atomic E-state index is 0.0543. The zero-order valence-electron chi connectivity index (χ0n) is 16.7. The number of para-hydroxylation sites is 3. The number of nitrogens with one attached hydrogen (secondary N) is 2. The molecule has 6 nitrogen and oxygen atoms in total. The highest BCUT2D eigenvalue weighted by Crippen LogP contribution is 2.27. The smallest absolute Gasteiger partial charge is 0.282 e. The Balaban J connectivity index is 1.61. The van der Waals surface area contributed by atoms with E-state index in [0.29, 0.717) is 11.3 Å². The first-order valence-corrected chi connectivity index (χ1v) is 9.64. The van der Waals surface area contributed by atoms with Gasteiger partial charge in [-0.15, -0.1) is 0 Å².